The van der Waals surface area contributed by atoms with Crippen LogP contribution in [0, 0.1) is 27.8 Å². The van der Waals surface area contributed by atoms with Gasteiger partial charge in [-0.2, -0.15) is 9.97 Å². The number of anilines is 4. The Hall–Kier alpha value is -2.97. The molecule has 0 bridgehead atoms. The van der Waals surface area contributed by atoms with Gasteiger partial charge in [0.25, 0.3) is 0 Å². The van der Waals surface area contributed by atoms with E-state index in [0.717, 1.165) is 19.5 Å². The van der Waals surface area contributed by atoms with E-state index in [9.17, 15) is 14.5 Å². The lowest BCUT2D eigenvalue weighted by Crippen LogP contribution is -2.39. The number of nitrogens with two attached hydrogens (primary N) is 1. The van der Waals surface area contributed by atoms with Crippen LogP contribution in [0.3, 0.4) is 0 Å². The van der Waals surface area contributed by atoms with Crippen molar-refractivity contribution in [2.75, 3.05) is 29.0 Å². The van der Waals surface area contributed by atoms with E-state index in [1.165, 1.54) is 18.2 Å². The monoisotopic (exact) mass is 360 g/mol. The Morgan fingerprint density at radius 1 is 1.27 bits per heavy atom. The molecule has 1 fully saturated rings. The van der Waals surface area contributed by atoms with Gasteiger partial charge in [-0.25, -0.2) is 4.39 Å². The van der Waals surface area contributed by atoms with E-state index < -0.39 is 16.4 Å². The van der Waals surface area contributed by atoms with Gasteiger partial charge in [0.15, 0.2) is 0 Å². The molecular formula is C17H21FN6O2. The quantitative estimate of drug-likeness (QED) is 0.635. The van der Waals surface area contributed by atoms with Crippen LogP contribution in [0.4, 0.5) is 33.3 Å². The first-order valence-electron chi connectivity index (χ1n) is 8.43. The van der Waals surface area contributed by atoms with Gasteiger partial charge >= 0.3 is 5.69 Å². The fraction of sp³-hybridized carbons (Fsp3) is 0.412. The van der Waals surface area contributed by atoms with Crippen molar-refractivity contribution >= 4 is 29.0 Å². The van der Waals surface area contributed by atoms with Crippen LogP contribution in [-0.4, -0.2) is 28.0 Å². The SMILES string of the molecule is C[C@@H]1C[C@@H](C)CN(c2nc(N)c([N+](=O)[O-])c(Nc3ccccc3F)n2)C1. The fourth-order valence-corrected chi connectivity index (χ4v) is 3.38. The molecule has 1 aliphatic rings. The van der Waals surface area contributed by atoms with Gasteiger partial charge < -0.3 is 16.0 Å². The minimum atomic E-state index is -0.663. The van der Waals surface area contributed by atoms with Gasteiger partial charge in [0.2, 0.25) is 17.6 Å². The third kappa shape index (κ3) is 3.66. The lowest BCUT2D eigenvalue weighted by atomic mass is 9.92. The molecule has 1 aromatic carbocycles. The highest BCUT2D eigenvalue weighted by molar-refractivity contribution is 5.74. The maximum Gasteiger partial charge on any atom is 0.353 e. The summed E-state index contributed by atoms with van der Waals surface area (Å²) in [4.78, 5) is 21.1. The van der Waals surface area contributed by atoms with Crippen LogP contribution in [0.5, 0.6) is 0 Å². The van der Waals surface area contributed by atoms with Gasteiger partial charge in [0.05, 0.1) is 10.6 Å². The van der Waals surface area contributed by atoms with Crippen molar-refractivity contribution in [2.45, 2.75) is 20.3 Å². The Balaban J connectivity index is 2.02. The number of nitrogen functional groups attached to an aromatic ring is 1. The smallest absolute Gasteiger partial charge is 0.353 e. The molecule has 1 saturated heterocycles. The summed E-state index contributed by atoms with van der Waals surface area (Å²) in [6, 6.07) is 5.89. The molecule has 9 heteroatoms. The van der Waals surface area contributed by atoms with Gasteiger partial charge in [-0.15, -0.1) is 0 Å². The average molecular weight is 360 g/mol. The van der Waals surface area contributed by atoms with Crippen LogP contribution in [0.2, 0.25) is 0 Å². The van der Waals surface area contributed by atoms with E-state index in [2.05, 4.69) is 29.1 Å². The maximum absolute atomic E-state index is 13.9. The molecule has 3 rings (SSSR count). The maximum atomic E-state index is 13.9. The van der Waals surface area contributed by atoms with Crippen molar-refractivity contribution in [3.8, 4) is 0 Å². The summed E-state index contributed by atoms with van der Waals surface area (Å²) in [6.07, 6.45) is 1.10. The van der Waals surface area contributed by atoms with Crippen LogP contribution in [0.25, 0.3) is 0 Å². The van der Waals surface area contributed by atoms with E-state index in [4.69, 9.17) is 5.73 Å². The highest BCUT2D eigenvalue weighted by Gasteiger charge is 2.29. The van der Waals surface area contributed by atoms with Gasteiger partial charge in [0, 0.05) is 13.1 Å². The number of rotatable bonds is 4. The molecule has 138 valence electrons. The third-order valence-electron chi connectivity index (χ3n) is 4.36. The number of aromatic nitrogens is 2. The van der Waals surface area contributed by atoms with Crippen molar-refractivity contribution in [3.63, 3.8) is 0 Å². The van der Waals surface area contributed by atoms with E-state index in [0.29, 0.717) is 17.8 Å². The van der Waals surface area contributed by atoms with Crippen LogP contribution >= 0.6 is 0 Å². The molecule has 26 heavy (non-hydrogen) atoms. The summed E-state index contributed by atoms with van der Waals surface area (Å²) in [5.41, 5.74) is 5.46. The van der Waals surface area contributed by atoms with Gasteiger partial charge in [-0.3, -0.25) is 10.1 Å². The number of nitro groups is 1. The first-order valence-corrected chi connectivity index (χ1v) is 8.43. The van der Waals surface area contributed by atoms with E-state index in [-0.39, 0.29) is 17.3 Å². The second-order valence-electron chi connectivity index (χ2n) is 6.82. The molecule has 1 aromatic heterocycles. The van der Waals surface area contributed by atoms with E-state index >= 15 is 0 Å². The number of nitrogens with zero attached hydrogens (tertiary/aromatic N) is 4. The predicted molar refractivity (Wildman–Crippen MR) is 97.9 cm³/mol. The Morgan fingerprint density at radius 2 is 1.92 bits per heavy atom. The molecule has 0 amide bonds. The first-order chi connectivity index (χ1) is 12.3. The van der Waals surface area contributed by atoms with Gasteiger partial charge in [-0.1, -0.05) is 26.0 Å². The largest absolute Gasteiger partial charge is 0.378 e. The number of nitrogens with one attached hydrogen (secondary N) is 1. The molecular weight excluding hydrogens is 339 g/mol. The summed E-state index contributed by atoms with van der Waals surface area (Å²) < 4.78 is 13.9. The number of hydrogen-bond acceptors (Lipinski definition) is 7. The number of benzene rings is 1. The summed E-state index contributed by atoms with van der Waals surface area (Å²) in [5.74, 6) is 0.299. The van der Waals surface area contributed by atoms with E-state index in [1.54, 1.807) is 6.07 Å². The lowest BCUT2D eigenvalue weighted by molar-refractivity contribution is -0.383. The molecule has 0 aliphatic carbocycles. The predicted octanol–water partition coefficient (Wildman–Crippen LogP) is 3.33. The molecule has 0 saturated carbocycles. The highest BCUT2D eigenvalue weighted by Crippen LogP contribution is 2.34. The lowest BCUT2D eigenvalue weighted by Gasteiger charge is -2.35. The average Bonchev–Trinajstić information content (AvgIpc) is 2.55. The van der Waals surface area contributed by atoms with Crippen LogP contribution in [-0.2, 0) is 0 Å². The van der Waals surface area contributed by atoms with Crippen molar-refractivity contribution in [2.24, 2.45) is 11.8 Å². The number of hydrogen-bond donors (Lipinski definition) is 2. The summed E-state index contributed by atoms with van der Waals surface area (Å²) in [7, 11) is 0. The van der Waals surface area contributed by atoms with Crippen LogP contribution in [0.15, 0.2) is 24.3 Å². The standard InChI is InChI=1S/C17H21FN6O2/c1-10-7-11(2)9-23(8-10)17-21-15(19)14(24(25)26)16(22-17)20-13-6-4-3-5-12(13)18/h3-6,10-11H,7-9H2,1-2H3,(H3,19,20,21,22)/t10-,11-/m1/s1. The summed E-state index contributed by atoms with van der Waals surface area (Å²) in [6.45, 7) is 5.74. The molecule has 0 radical (unpaired) electrons. The fourth-order valence-electron chi connectivity index (χ4n) is 3.38. The summed E-state index contributed by atoms with van der Waals surface area (Å²) >= 11 is 0. The summed E-state index contributed by atoms with van der Waals surface area (Å²) in [5, 5.41) is 14.1. The van der Waals surface area contributed by atoms with E-state index in [1.807, 2.05) is 4.90 Å². The zero-order valence-electron chi connectivity index (χ0n) is 14.6. The minimum absolute atomic E-state index is 0.0834. The molecule has 3 N–H and O–H groups in total. The second-order valence-corrected chi connectivity index (χ2v) is 6.82. The molecule has 8 nitrogen and oxygen atoms in total. The highest BCUT2D eigenvalue weighted by atomic mass is 19.1. The molecule has 0 spiro atoms. The molecule has 2 heterocycles. The molecule has 1 aliphatic heterocycles. The Labute approximate surface area is 150 Å². The van der Waals surface area contributed by atoms with Crippen molar-refractivity contribution in [3.05, 3.63) is 40.2 Å². The van der Waals surface area contributed by atoms with Crippen LogP contribution < -0.4 is 16.0 Å². The number of halogens is 1. The van der Waals surface area contributed by atoms with Crippen molar-refractivity contribution < 1.29 is 9.31 Å². The zero-order chi connectivity index (χ0) is 18.8. The Morgan fingerprint density at radius 3 is 2.54 bits per heavy atom. The topological polar surface area (TPSA) is 110 Å². The van der Waals surface area contributed by atoms with Crippen molar-refractivity contribution in [1.82, 2.24) is 9.97 Å². The van der Waals surface area contributed by atoms with Crippen LogP contribution in [0.1, 0.15) is 20.3 Å². The molecule has 2 atom stereocenters. The van der Waals surface area contributed by atoms with Crippen molar-refractivity contribution in [1.29, 1.82) is 0 Å². The Bertz CT molecular complexity index is 821. The number of piperidine rings is 1. The minimum Gasteiger partial charge on any atom is -0.378 e. The third-order valence-corrected chi connectivity index (χ3v) is 4.36. The second kappa shape index (κ2) is 7.11. The first kappa shape index (κ1) is 17.8. The molecule has 2 aromatic rings. The Kier molecular flexibility index (Phi) is 4.88. The normalized spacial score (nSPS) is 20.0. The van der Waals surface area contributed by atoms with Gasteiger partial charge in [0.1, 0.15) is 5.82 Å². The molecule has 0 unspecified atom stereocenters. The zero-order valence-corrected chi connectivity index (χ0v) is 14.6. The van der Waals surface area contributed by atoms with Gasteiger partial charge in [-0.05, 0) is 30.4 Å². The number of para-hydroxylation sites is 1.